The molecule has 0 aromatic heterocycles. The van der Waals surface area contributed by atoms with E-state index >= 15 is 0 Å². The average Bonchev–Trinajstić information content (AvgIpc) is 2.95. The molecule has 0 saturated carbocycles. The lowest BCUT2D eigenvalue weighted by atomic mass is 10.0. The number of imide groups is 1. The third-order valence-corrected chi connectivity index (χ3v) is 4.17. The Morgan fingerprint density at radius 2 is 1.88 bits per heavy atom. The zero-order valence-corrected chi connectivity index (χ0v) is 13.7. The van der Waals surface area contributed by atoms with E-state index in [1.165, 1.54) is 7.11 Å². The predicted molar refractivity (Wildman–Crippen MR) is 90.9 cm³/mol. The van der Waals surface area contributed by atoms with E-state index in [4.69, 9.17) is 9.84 Å². The number of carbonyl (C=O) groups excluding carboxylic acids is 2. The maximum atomic E-state index is 12.9. The van der Waals surface area contributed by atoms with Crippen LogP contribution in [0.5, 0.6) is 5.75 Å². The maximum Gasteiger partial charge on any atom is 0.303 e. The number of nitrogens with zero attached hydrogens (tertiary/aromatic N) is 1. The molecule has 1 N–H and O–H groups in total. The Morgan fingerprint density at radius 3 is 2.52 bits per heavy atom. The quantitative estimate of drug-likeness (QED) is 0.846. The molecule has 1 heterocycles. The summed E-state index contributed by atoms with van der Waals surface area (Å²) in [4.78, 5) is 37.3. The van der Waals surface area contributed by atoms with E-state index in [0.717, 1.165) is 10.5 Å². The van der Waals surface area contributed by atoms with Crippen molar-refractivity contribution in [2.75, 3.05) is 12.0 Å². The number of methoxy groups -OCH3 is 1. The number of hydrogen-bond acceptors (Lipinski definition) is 4. The van der Waals surface area contributed by atoms with E-state index < -0.39 is 11.9 Å². The van der Waals surface area contributed by atoms with Crippen molar-refractivity contribution >= 4 is 23.5 Å². The van der Waals surface area contributed by atoms with Crippen molar-refractivity contribution in [1.29, 1.82) is 0 Å². The monoisotopic (exact) mass is 339 g/mol. The van der Waals surface area contributed by atoms with Gasteiger partial charge in [-0.3, -0.25) is 14.4 Å². The van der Waals surface area contributed by atoms with Crippen LogP contribution < -0.4 is 9.64 Å². The van der Waals surface area contributed by atoms with Crippen molar-refractivity contribution in [3.63, 3.8) is 0 Å². The number of fused-ring (bicyclic) bond motifs is 1. The van der Waals surface area contributed by atoms with Gasteiger partial charge < -0.3 is 9.84 Å². The Morgan fingerprint density at radius 1 is 1.16 bits per heavy atom. The molecule has 2 aromatic carbocycles. The summed E-state index contributed by atoms with van der Waals surface area (Å²) in [6, 6.07) is 11.9. The van der Waals surface area contributed by atoms with Gasteiger partial charge in [0, 0.05) is 12.0 Å². The smallest absolute Gasteiger partial charge is 0.303 e. The molecular formula is C19H17NO5. The van der Waals surface area contributed by atoms with Gasteiger partial charge in [-0.2, -0.15) is 0 Å². The van der Waals surface area contributed by atoms with Gasteiger partial charge in [0.25, 0.3) is 5.91 Å². The summed E-state index contributed by atoms with van der Waals surface area (Å²) < 4.78 is 5.08. The molecule has 0 spiro atoms. The number of aryl methyl sites for hydroxylation is 1. The number of aliphatic carboxylic acids is 1. The lowest BCUT2D eigenvalue weighted by molar-refractivity contribution is -0.137. The SMILES string of the molecule is COc1ccc(C(=O)N2C(=O)Cc3cccc(CCC(=O)O)c32)cc1. The highest BCUT2D eigenvalue weighted by Crippen LogP contribution is 2.34. The number of amides is 2. The molecule has 25 heavy (non-hydrogen) atoms. The topological polar surface area (TPSA) is 83.9 Å². The Balaban J connectivity index is 1.96. The van der Waals surface area contributed by atoms with Crippen LogP contribution in [0, 0.1) is 0 Å². The second-order valence-corrected chi connectivity index (χ2v) is 5.76. The highest BCUT2D eigenvalue weighted by atomic mass is 16.5. The van der Waals surface area contributed by atoms with Crippen LogP contribution in [0.25, 0.3) is 0 Å². The molecule has 2 amide bonds. The van der Waals surface area contributed by atoms with Crippen LogP contribution in [0.15, 0.2) is 42.5 Å². The molecule has 6 heteroatoms. The molecule has 0 atom stereocenters. The number of carbonyl (C=O) groups is 3. The first-order valence-electron chi connectivity index (χ1n) is 7.85. The molecule has 128 valence electrons. The lowest BCUT2D eigenvalue weighted by Gasteiger charge is -2.19. The Labute approximate surface area is 144 Å². The van der Waals surface area contributed by atoms with E-state index in [0.29, 0.717) is 22.6 Å². The minimum atomic E-state index is -0.921. The van der Waals surface area contributed by atoms with Gasteiger partial charge in [-0.1, -0.05) is 18.2 Å². The summed E-state index contributed by atoms with van der Waals surface area (Å²) in [5.41, 5.74) is 2.33. The summed E-state index contributed by atoms with van der Waals surface area (Å²) in [5, 5.41) is 8.92. The molecule has 1 aliphatic heterocycles. The fourth-order valence-electron chi connectivity index (χ4n) is 2.96. The molecule has 0 aliphatic carbocycles. The molecule has 6 nitrogen and oxygen atoms in total. The number of carboxylic acids is 1. The fraction of sp³-hybridized carbons (Fsp3) is 0.211. The van der Waals surface area contributed by atoms with Crippen LogP contribution in [0.3, 0.4) is 0 Å². The number of carboxylic acid groups (broad SMARTS) is 1. The molecule has 0 unspecified atom stereocenters. The second-order valence-electron chi connectivity index (χ2n) is 5.76. The van der Waals surface area contributed by atoms with E-state index in [2.05, 4.69) is 0 Å². The van der Waals surface area contributed by atoms with Crippen LogP contribution in [0.1, 0.15) is 27.9 Å². The summed E-state index contributed by atoms with van der Waals surface area (Å²) in [7, 11) is 1.53. The van der Waals surface area contributed by atoms with Crippen molar-refractivity contribution in [3.8, 4) is 5.75 Å². The zero-order chi connectivity index (χ0) is 18.0. The second kappa shape index (κ2) is 6.76. The van der Waals surface area contributed by atoms with Gasteiger partial charge in [-0.05, 0) is 41.8 Å². The number of anilines is 1. The van der Waals surface area contributed by atoms with Crippen molar-refractivity contribution in [3.05, 3.63) is 59.2 Å². The minimum Gasteiger partial charge on any atom is -0.497 e. The third kappa shape index (κ3) is 3.24. The maximum absolute atomic E-state index is 12.9. The van der Waals surface area contributed by atoms with Crippen LogP contribution >= 0.6 is 0 Å². The fourth-order valence-corrected chi connectivity index (χ4v) is 2.96. The van der Waals surface area contributed by atoms with Gasteiger partial charge in [0.2, 0.25) is 5.91 Å². The van der Waals surface area contributed by atoms with Crippen LogP contribution in [-0.2, 0) is 22.4 Å². The van der Waals surface area contributed by atoms with Gasteiger partial charge in [-0.15, -0.1) is 0 Å². The van der Waals surface area contributed by atoms with E-state index in [9.17, 15) is 14.4 Å². The first kappa shape index (κ1) is 16.7. The molecular weight excluding hydrogens is 322 g/mol. The van der Waals surface area contributed by atoms with Gasteiger partial charge >= 0.3 is 5.97 Å². The summed E-state index contributed by atoms with van der Waals surface area (Å²) in [6.07, 6.45) is 0.339. The first-order valence-corrected chi connectivity index (χ1v) is 7.85. The summed E-state index contributed by atoms with van der Waals surface area (Å²) in [6.45, 7) is 0. The largest absolute Gasteiger partial charge is 0.497 e. The van der Waals surface area contributed by atoms with E-state index in [-0.39, 0.29) is 25.2 Å². The van der Waals surface area contributed by atoms with Crippen LogP contribution in [0.2, 0.25) is 0 Å². The zero-order valence-electron chi connectivity index (χ0n) is 13.7. The van der Waals surface area contributed by atoms with Crippen LogP contribution in [-0.4, -0.2) is 30.0 Å². The highest BCUT2D eigenvalue weighted by Gasteiger charge is 2.34. The number of rotatable bonds is 5. The first-order chi connectivity index (χ1) is 12.0. The van der Waals surface area contributed by atoms with E-state index in [1.807, 2.05) is 0 Å². The Hall–Kier alpha value is -3.15. The van der Waals surface area contributed by atoms with Crippen molar-refractivity contribution < 1.29 is 24.2 Å². The standard InChI is InChI=1S/C19H17NO5/c1-25-15-8-5-13(6-9-15)19(24)20-16(21)11-14-4-2-3-12(18(14)20)7-10-17(22)23/h2-6,8-9H,7,10-11H2,1H3,(H,22,23). The minimum absolute atomic E-state index is 0.0603. The number of para-hydroxylation sites is 1. The molecule has 2 aromatic rings. The summed E-state index contributed by atoms with van der Waals surface area (Å²) >= 11 is 0. The molecule has 0 fully saturated rings. The molecule has 0 bridgehead atoms. The van der Waals surface area contributed by atoms with Crippen LogP contribution in [0.4, 0.5) is 5.69 Å². The van der Waals surface area contributed by atoms with Gasteiger partial charge in [0.1, 0.15) is 5.75 Å². The number of ether oxygens (including phenoxy) is 1. The summed E-state index contributed by atoms with van der Waals surface area (Å²) in [5.74, 6) is -1.03. The molecule has 3 rings (SSSR count). The molecule has 0 saturated heterocycles. The molecule has 1 aliphatic rings. The van der Waals surface area contributed by atoms with Crippen molar-refractivity contribution in [2.45, 2.75) is 19.3 Å². The predicted octanol–water partition coefficient (Wildman–Crippen LogP) is 2.44. The highest BCUT2D eigenvalue weighted by molar-refractivity contribution is 6.24. The average molecular weight is 339 g/mol. The third-order valence-electron chi connectivity index (χ3n) is 4.17. The normalized spacial score (nSPS) is 12.8. The Bertz CT molecular complexity index is 841. The van der Waals surface area contributed by atoms with Gasteiger partial charge in [0.15, 0.2) is 0 Å². The Kier molecular flexibility index (Phi) is 4.52. The number of hydrogen-bond donors (Lipinski definition) is 1. The van der Waals surface area contributed by atoms with Crippen molar-refractivity contribution in [2.24, 2.45) is 0 Å². The molecule has 0 radical (unpaired) electrons. The van der Waals surface area contributed by atoms with Gasteiger partial charge in [-0.25, -0.2) is 4.90 Å². The van der Waals surface area contributed by atoms with Crippen molar-refractivity contribution in [1.82, 2.24) is 0 Å². The lowest BCUT2D eigenvalue weighted by Crippen LogP contribution is -2.34. The number of benzene rings is 2. The van der Waals surface area contributed by atoms with E-state index in [1.54, 1.807) is 42.5 Å². The van der Waals surface area contributed by atoms with Gasteiger partial charge in [0.05, 0.1) is 19.2 Å².